The van der Waals surface area contributed by atoms with Crippen LogP contribution in [0.1, 0.15) is 11.1 Å². The molecule has 0 spiro atoms. The highest BCUT2D eigenvalue weighted by molar-refractivity contribution is 9.10. The van der Waals surface area contributed by atoms with Crippen molar-refractivity contribution < 1.29 is 9.90 Å². The Morgan fingerprint density at radius 2 is 2.60 bits per heavy atom. The van der Waals surface area contributed by atoms with Crippen LogP contribution in [0.3, 0.4) is 0 Å². The second-order valence-corrected chi connectivity index (χ2v) is 3.29. The number of carbonyl (C=O) groups is 1. The molecule has 0 aliphatic rings. The van der Waals surface area contributed by atoms with Crippen molar-refractivity contribution in [3.05, 3.63) is 15.0 Å². The highest BCUT2D eigenvalue weighted by Gasteiger charge is 2.08. The molecule has 1 aromatic heterocycles. The molecule has 1 heterocycles. The summed E-state index contributed by atoms with van der Waals surface area (Å²) in [7, 11) is 0. The van der Waals surface area contributed by atoms with Crippen LogP contribution in [0.5, 0.6) is 0 Å². The van der Waals surface area contributed by atoms with E-state index in [9.17, 15) is 4.79 Å². The second-order valence-electron chi connectivity index (χ2n) is 1.59. The molecule has 0 aromatic carbocycles. The lowest BCUT2D eigenvalue weighted by Gasteiger charge is -1.92. The minimum Gasteiger partial charge on any atom is -0.378 e. The van der Waals surface area contributed by atoms with E-state index < -0.39 is 6.10 Å². The van der Waals surface area contributed by atoms with Crippen LogP contribution < -0.4 is 0 Å². The number of aliphatic hydroxyl groups excluding tert-OH is 1. The Hall–Kier alpha value is -0.260. The number of aldehydes is 1. The van der Waals surface area contributed by atoms with E-state index in [1.165, 1.54) is 11.3 Å². The third-order valence-electron chi connectivity index (χ3n) is 0.876. The zero-order valence-corrected chi connectivity index (χ0v) is 7.22. The van der Waals surface area contributed by atoms with Crippen molar-refractivity contribution >= 4 is 33.6 Å². The molecular formula is C5H4BrNO2S. The molecule has 0 amide bonds. The predicted octanol–water partition coefficient (Wildman–Crippen LogP) is 1.14. The standard InChI is InChI=1S/C5H4BrNO2S/c6-4-2-10-5(7-4)3(9)1-8/h1-3,9H. The van der Waals surface area contributed by atoms with Crippen LogP contribution in [0.4, 0.5) is 0 Å². The van der Waals surface area contributed by atoms with Crippen LogP contribution in [-0.2, 0) is 4.79 Å². The van der Waals surface area contributed by atoms with Gasteiger partial charge in [-0.2, -0.15) is 0 Å². The molecule has 0 saturated heterocycles. The second kappa shape index (κ2) is 3.23. The maximum absolute atomic E-state index is 10.0. The highest BCUT2D eigenvalue weighted by Crippen LogP contribution is 2.19. The molecule has 1 unspecified atom stereocenters. The quantitative estimate of drug-likeness (QED) is 0.763. The Morgan fingerprint density at radius 3 is 3.00 bits per heavy atom. The van der Waals surface area contributed by atoms with Gasteiger partial charge in [0, 0.05) is 5.38 Å². The highest BCUT2D eigenvalue weighted by atomic mass is 79.9. The van der Waals surface area contributed by atoms with Gasteiger partial charge in [0.2, 0.25) is 0 Å². The van der Waals surface area contributed by atoms with E-state index in [0.29, 0.717) is 15.9 Å². The van der Waals surface area contributed by atoms with Crippen molar-refractivity contribution in [1.82, 2.24) is 4.98 Å². The maximum Gasteiger partial charge on any atom is 0.160 e. The summed E-state index contributed by atoms with van der Waals surface area (Å²) in [6.07, 6.45) is -0.623. The molecule has 0 bridgehead atoms. The van der Waals surface area contributed by atoms with Crippen molar-refractivity contribution in [3.63, 3.8) is 0 Å². The summed E-state index contributed by atoms with van der Waals surface area (Å²) in [6, 6.07) is 0. The van der Waals surface area contributed by atoms with Gasteiger partial charge in [-0.05, 0) is 15.9 Å². The average Bonchev–Trinajstić information content (AvgIpc) is 2.34. The fraction of sp³-hybridized carbons (Fsp3) is 0.200. The summed E-state index contributed by atoms with van der Waals surface area (Å²) in [5.74, 6) is 0. The number of aliphatic hydroxyl groups is 1. The third kappa shape index (κ3) is 1.62. The van der Waals surface area contributed by atoms with Crippen molar-refractivity contribution in [2.45, 2.75) is 6.10 Å². The Labute approximate surface area is 69.8 Å². The molecule has 10 heavy (non-hydrogen) atoms. The predicted molar refractivity (Wildman–Crippen MR) is 40.8 cm³/mol. The number of carbonyl (C=O) groups excluding carboxylic acids is 1. The zero-order chi connectivity index (χ0) is 7.56. The first-order valence-corrected chi connectivity index (χ1v) is 4.15. The number of nitrogens with zero attached hydrogens (tertiary/aromatic N) is 1. The summed E-state index contributed by atoms with van der Waals surface area (Å²) in [6.45, 7) is 0. The first kappa shape index (κ1) is 7.84. The molecule has 1 atom stereocenters. The molecule has 0 radical (unpaired) electrons. The molecule has 0 aliphatic heterocycles. The van der Waals surface area contributed by atoms with Crippen LogP contribution in [0, 0.1) is 0 Å². The Kier molecular flexibility index (Phi) is 2.53. The Morgan fingerprint density at radius 1 is 1.90 bits per heavy atom. The van der Waals surface area contributed by atoms with E-state index in [2.05, 4.69) is 20.9 Å². The third-order valence-corrected chi connectivity index (χ3v) is 2.50. The van der Waals surface area contributed by atoms with Gasteiger partial charge in [-0.1, -0.05) is 0 Å². The lowest BCUT2D eigenvalue weighted by atomic mass is 10.4. The first-order valence-electron chi connectivity index (χ1n) is 2.48. The van der Waals surface area contributed by atoms with Gasteiger partial charge in [-0.15, -0.1) is 11.3 Å². The van der Waals surface area contributed by atoms with Gasteiger partial charge in [0.25, 0.3) is 0 Å². The number of rotatable bonds is 2. The monoisotopic (exact) mass is 221 g/mol. The van der Waals surface area contributed by atoms with Crippen molar-refractivity contribution in [3.8, 4) is 0 Å². The SMILES string of the molecule is O=CC(O)c1nc(Br)cs1. The zero-order valence-electron chi connectivity index (χ0n) is 4.82. The largest absolute Gasteiger partial charge is 0.378 e. The number of hydrogen-bond acceptors (Lipinski definition) is 4. The van der Waals surface area contributed by atoms with E-state index in [0.717, 1.165) is 0 Å². The van der Waals surface area contributed by atoms with E-state index in [1.54, 1.807) is 5.38 Å². The topological polar surface area (TPSA) is 50.2 Å². The smallest absolute Gasteiger partial charge is 0.160 e. The molecule has 0 aliphatic carbocycles. The van der Waals surface area contributed by atoms with Crippen molar-refractivity contribution in [2.24, 2.45) is 0 Å². The van der Waals surface area contributed by atoms with Gasteiger partial charge in [0.05, 0.1) is 0 Å². The normalized spacial score (nSPS) is 13.0. The van der Waals surface area contributed by atoms with E-state index in [4.69, 9.17) is 5.11 Å². The van der Waals surface area contributed by atoms with Gasteiger partial charge in [-0.25, -0.2) is 4.98 Å². The fourth-order valence-corrected chi connectivity index (χ4v) is 1.67. The summed E-state index contributed by atoms with van der Waals surface area (Å²) in [5, 5.41) is 11.0. The molecule has 1 rings (SSSR count). The van der Waals surface area contributed by atoms with Crippen LogP contribution in [0.15, 0.2) is 9.98 Å². The minimum atomic E-state index is -1.07. The fourth-order valence-electron chi connectivity index (χ4n) is 0.461. The number of halogens is 1. The minimum absolute atomic E-state index is 0.418. The average molecular weight is 222 g/mol. The molecule has 1 aromatic rings. The van der Waals surface area contributed by atoms with E-state index in [1.807, 2.05) is 0 Å². The Balaban J connectivity index is 2.84. The molecule has 3 nitrogen and oxygen atoms in total. The van der Waals surface area contributed by atoms with Gasteiger partial charge in [-0.3, -0.25) is 4.79 Å². The van der Waals surface area contributed by atoms with E-state index in [-0.39, 0.29) is 0 Å². The lowest BCUT2D eigenvalue weighted by molar-refractivity contribution is -0.115. The summed E-state index contributed by atoms with van der Waals surface area (Å²) >= 11 is 4.34. The van der Waals surface area contributed by atoms with Crippen LogP contribution in [0.25, 0.3) is 0 Å². The maximum atomic E-state index is 10.0. The Bertz CT molecular complexity index is 237. The molecule has 54 valence electrons. The molecular weight excluding hydrogens is 218 g/mol. The van der Waals surface area contributed by atoms with Gasteiger partial charge in [0.1, 0.15) is 9.61 Å². The number of hydrogen-bond donors (Lipinski definition) is 1. The van der Waals surface area contributed by atoms with Gasteiger partial charge in [0.15, 0.2) is 12.4 Å². The lowest BCUT2D eigenvalue weighted by Crippen LogP contribution is -1.96. The van der Waals surface area contributed by atoms with Crippen molar-refractivity contribution in [1.29, 1.82) is 0 Å². The van der Waals surface area contributed by atoms with Crippen LogP contribution in [0.2, 0.25) is 0 Å². The van der Waals surface area contributed by atoms with Crippen molar-refractivity contribution in [2.75, 3.05) is 0 Å². The first-order chi connectivity index (χ1) is 4.74. The van der Waals surface area contributed by atoms with Crippen LogP contribution >= 0.6 is 27.3 Å². The summed E-state index contributed by atoms with van der Waals surface area (Å²) in [5.41, 5.74) is 0. The molecule has 0 fully saturated rings. The van der Waals surface area contributed by atoms with Gasteiger partial charge >= 0.3 is 0 Å². The summed E-state index contributed by atoms with van der Waals surface area (Å²) < 4.78 is 0.647. The number of thiazole rings is 1. The summed E-state index contributed by atoms with van der Waals surface area (Å²) in [4.78, 5) is 13.9. The van der Waals surface area contributed by atoms with Gasteiger partial charge < -0.3 is 5.11 Å². The van der Waals surface area contributed by atoms with Crippen LogP contribution in [-0.4, -0.2) is 16.4 Å². The molecule has 1 N–H and O–H groups in total. The molecule has 5 heteroatoms. The number of aromatic nitrogens is 1. The van der Waals surface area contributed by atoms with E-state index >= 15 is 0 Å². The molecule has 0 saturated carbocycles.